The first-order chi connectivity index (χ1) is 15.6. The van der Waals surface area contributed by atoms with Crippen molar-refractivity contribution in [2.45, 2.75) is 44.4 Å². The maximum absolute atomic E-state index is 9.70. The van der Waals surface area contributed by atoms with Crippen LogP contribution >= 0.6 is 0 Å². The maximum atomic E-state index is 9.70. The van der Waals surface area contributed by atoms with E-state index in [1.807, 2.05) is 65.4 Å². The summed E-state index contributed by atoms with van der Waals surface area (Å²) in [6.07, 6.45) is 8.46. The number of nitrogens with one attached hydrogen (secondary N) is 1. The van der Waals surface area contributed by atoms with E-state index in [4.69, 9.17) is 10.5 Å². The Morgan fingerprint density at radius 3 is 2.69 bits per heavy atom. The van der Waals surface area contributed by atoms with Gasteiger partial charge in [0.1, 0.15) is 24.0 Å². The number of benzene rings is 2. The average molecular weight is 431 g/mol. The van der Waals surface area contributed by atoms with Crippen LogP contribution in [0, 0.1) is 0 Å². The summed E-state index contributed by atoms with van der Waals surface area (Å²) in [6.45, 7) is 4.61. The smallest absolute Gasteiger partial charge is 0.140 e. The molecule has 0 aliphatic heterocycles. The molecule has 1 aliphatic rings. The molecule has 0 amide bonds. The number of rotatable bonds is 7. The highest BCUT2D eigenvalue weighted by molar-refractivity contribution is 6.02. The summed E-state index contributed by atoms with van der Waals surface area (Å²) >= 11 is 0. The molecule has 0 radical (unpaired) electrons. The van der Waals surface area contributed by atoms with Gasteiger partial charge in [0.2, 0.25) is 0 Å². The third-order valence-electron chi connectivity index (χ3n) is 5.72. The van der Waals surface area contributed by atoms with Gasteiger partial charge in [-0.05, 0) is 67.8 Å². The van der Waals surface area contributed by atoms with Gasteiger partial charge in [-0.2, -0.15) is 0 Å². The Balaban J connectivity index is 1.49. The van der Waals surface area contributed by atoms with Gasteiger partial charge >= 0.3 is 0 Å². The number of ether oxygens (including phenoxy) is 1. The molecule has 166 valence electrons. The van der Waals surface area contributed by atoms with E-state index in [1.165, 1.54) is 6.20 Å². The SMILES string of the molecule is C=C(N=C(/C=C\N)n1ccc2cc(OCc3ccccc3)ccc21)NC1CCC(O)CC1. The first kappa shape index (κ1) is 21.7. The zero-order valence-corrected chi connectivity index (χ0v) is 18.2. The van der Waals surface area contributed by atoms with Crippen molar-refractivity contribution in [1.29, 1.82) is 0 Å². The van der Waals surface area contributed by atoms with Crippen LogP contribution in [0.1, 0.15) is 31.2 Å². The summed E-state index contributed by atoms with van der Waals surface area (Å²) in [5.74, 6) is 2.08. The van der Waals surface area contributed by atoms with E-state index in [1.54, 1.807) is 6.08 Å². The maximum Gasteiger partial charge on any atom is 0.140 e. The third-order valence-corrected chi connectivity index (χ3v) is 5.72. The monoisotopic (exact) mass is 430 g/mol. The highest BCUT2D eigenvalue weighted by Gasteiger charge is 2.19. The molecule has 6 nitrogen and oxygen atoms in total. The molecule has 1 saturated carbocycles. The minimum atomic E-state index is -0.187. The van der Waals surface area contributed by atoms with Crippen molar-refractivity contribution in [3.63, 3.8) is 0 Å². The molecule has 3 aromatic rings. The van der Waals surface area contributed by atoms with E-state index in [-0.39, 0.29) is 12.1 Å². The van der Waals surface area contributed by atoms with E-state index in [0.29, 0.717) is 18.3 Å². The lowest BCUT2D eigenvalue weighted by Gasteiger charge is -2.26. The molecule has 0 atom stereocenters. The summed E-state index contributed by atoms with van der Waals surface area (Å²) in [4.78, 5) is 4.68. The Morgan fingerprint density at radius 2 is 1.94 bits per heavy atom. The van der Waals surface area contributed by atoms with Crippen molar-refractivity contribution in [3.8, 4) is 5.75 Å². The van der Waals surface area contributed by atoms with Crippen molar-refractivity contribution < 1.29 is 9.84 Å². The van der Waals surface area contributed by atoms with Crippen LogP contribution in [0.25, 0.3) is 10.9 Å². The number of hydrogen-bond acceptors (Lipinski definition) is 5. The Bertz CT molecular complexity index is 1110. The number of aliphatic hydroxyl groups is 1. The summed E-state index contributed by atoms with van der Waals surface area (Å²) in [7, 11) is 0. The second-order valence-electron chi connectivity index (χ2n) is 8.11. The zero-order chi connectivity index (χ0) is 22.3. The predicted octanol–water partition coefficient (Wildman–Crippen LogP) is 4.30. The molecule has 6 heteroatoms. The first-order valence-corrected chi connectivity index (χ1v) is 11.0. The third kappa shape index (κ3) is 5.39. The number of aliphatic hydroxyl groups excluding tert-OH is 1. The fourth-order valence-corrected chi connectivity index (χ4v) is 4.03. The molecule has 2 aromatic carbocycles. The molecule has 1 heterocycles. The molecular formula is C26H30N4O2. The van der Waals surface area contributed by atoms with Crippen LogP contribution in [0.15, 0.2) is 90.5 Å². The van der Waals surface area contributed by atoms with Gasteiger partial charge in [0.25, 0.3) is 0 Å². The molecular weight excluding hydrogens is 400 g/mol. The largest absolute Gasteiger partial charge is 0.489 e. The standard InChI is InChI=1S/C26H30N4O2/c1-19(28-22-7-9-23(31)10-8-22)29-26(13-15-27)30-16-14-21-17-24(11-12-25(21)30)32-18-20-5-3-2-4-6-20/h2-6,11-17,22-23,28,31H,1,7-10,18,27H2/b15-13-,29-26?. The fourth-order valence-electron chi connectivity index (χ4n) is 4.03. The molecule has 1 aromatic heterocycles. The van der Waals surface area contributed by atoms with Crippen molar-refractivity contribution in [1.82, 2.24) is 9.88 Å². The second-order valence-corrected chi connectivity index (χ2v) is 8.11. The number of allylic oxidation sites excluding steroid dienone is 1. The van der Waals surface area contributed by atoms with Crippen molar-refractivity contribution >= 4 is 16.7 Å². The summed E-state index contributed by atoms with van der Waals surface area (Å²) in [5.41, 5.74) is 7.83. The van der Waals surface area contributed by atoms with E-state index in [0.717, 1.165) is 47.9 Å². The number of aromatic nitrogens is 1. The molecule has 0 bridgehead atoms. The van der Waals surface area contributed by atoms with Gasteiger partial charge in [-0.15, -0.1) is 0 Å². The number of nitrogens with zero attached hydrogens (tertiary/aromatic N) is 2. The summed E-state index contributed by atoms with van der Waals surface area (Å²) < 4.78 is 7.94. The lowest BCUT2D eigenvalue weighted by molar-refractivity contribution is 0.118. The average Bonchev–Trinajstić information content (AvgIpc) is 3.23. The van der Waals surface area contributed by atoms with Gasteiger partial charge in [-0.3, -0.25) is 0 Å². The molecule has 1 fully saturated rings. The summed E-state index contributed by atoms with van der Waals surface area (Å²) in [6, 6.07) is 18.4. The van der Waals surface area contributed by atoms with Gasteiger partial charge in [0.05, 0.1) is 11.6 Å². The number of hydrogen-bond donors (Lipinski definition) is 3. The van der Waals surface area contributed by atoms with Gasteiger partial charge in [0.15, 0.2) is 0 Å². The second kappa shape index (κ2) is 10.2. The van der Waals surface area contributed by atoms with Crippen LogP contribution in [0.3, 0.4) is 0 Å². The molecule has 4 N–H and O–H groups in total. The normalized spacial score (nSPS) is 19.3. The lowest BCUT2D eigenvalue weighted by atomic mass is 9.93. The minimum absolute atomic E-state index is 0.187. The molecule has 1 aliphatic carbocycles. The van der Waals surface area contributed by atoms with Gasteiger partial charge < -0.3 is 25.5 Å². The fraction of sp³-hybridized carbons (Fsp3) is 0.269. The van der Waals surface area contributed by atoms with Crippen LogP contribution in [-0.2, 0) is 6.61 Å². The van der Waals surface area contributed by atoms with Crippen LogP contribution in [0.2, 0.25) is 0 Å². The van der Waals surface area contributed by atoms with E-state index >= 15 is 0 Å². The van der Waals surface area contributed by atoms with E-state index < -0.39 is 0 Å². The highest BCUT2D eigenvalue weighted by atomic mass is 16.5. The zero-order valence-electron chi connectivity index (χ0n) is 18.2. The predicted molar refractivity (Wildman–Crippen MR) is 129 cm³/mol. The number of aliphatic imine (C=N–C) groups is 1. The molecule has 32 heavy (non-hydrogen) atoms. The van der Waals surface area contributed by atoms with Crippen molar-refractivity contribution in [3.05, 3.63) is 91.0 Å². The molecule has 0 spiro atoms. The van der Waals surface area contributed by atoms with Gasteiger partial charge in [-0.1, -0.05) is 36.9 Å². The Labute approximate surface area is 188 Å². The first-order valence-electron chi connectivity index (χ1n) is 11.0. The molecule has 0 unspecified atom stereocenters. The molecule has 0 saturated heterocycles. The van der Waals surface area contributed by atoms with Crippen LogP contribution in [-0.4, -0.2) is 27.7 Å². The van der Waals surface area contributed by atoms with Crippen molar-refractivity contribution in [2.24, 2.45) is 10.7 Å². The van der Waals surface area contributed by atoms with Gasteiger partial charge in [-0.25, -0.2) is 4.99 Å². The van der Waals surface area contributed by atoms with Crippen LogP contribution < -0.4 is 15.8 Å². The minimum Gasteiger partial charge on any atom is -0.489 e. The number of fused-ring (bicyclic) bond motifs is 1. The molecule has 4 rings (SSSR count). The Morgan fingerprint density at radius 1 is 1.16 bits per heavy atom. The van der Waals surface area contributed by atoms with Crippen LogP contribution in [0.5, 0.6) is 5.75 Å². The Hall–Kier alpha value is -3.51. The van der Waals surface area contributed by atoms with E-state index in [2.05, 4.69) is 16.9 Å². The van der Waals surface area contributed by atoms with Gasteiger partial charge in [0, 0.05) is 17.6 Å². The summed E-state index contributed by atoms with van der Waals surface area (Å²) in [5, 5.41) is 14.1. The quantitative estimate of drug-likeness (QED) is 0.385. The topological polar surface area (TPSA) is 84.8 Å². The van der Waals surface area contributed by atoms with Crippen LogP contribution in [0.4, 0.5) is 0 Å². The Kier molecular flexibility index (Phi) is 6.92. The number of nitrogens with two attached hydrogens (primary N) is 1. The lowest BCUT2D eigenvalue weighted by Crippen LogP contribution is -2.33. The van der Waals surface area contributed by atoms with E-state index in [9.17, 15) is 5.11 Å². The van der Waals surface area contributed by atoms with Crippen molar-refractivity contribution in [2.75, 3.05) is 0 Å². The highest BCUT2D eigenvalue weighted by Crippen LogP contribution is 2.24.